The average molecular weight is 471 g/mol. The third kappa shape index (κ3) is 3.53. The Morgan fingerprint density at radius 3 is 1.14 bits per heavy atom. The number of hydrogen-bond acceptors (Lipinski definition) is 0. The van der Waals surface area contributed by atoms with Crippen LogP contribution in [-0.4, -0.2) is 0 Å². The van der Waals surface area contributed by atoms with E-state index in [0.717, 1.165) is 0 Å². The zero-order valence-electron chi connectivity index (χ0n) is 20.8. The van der Waals surface area contributed by atoms with E-state index in [-0.39, 0.29) is 0 Å². The smallest absolute Gasteiger partial charge is 0.00987 e. The fourth-order valence-electron chi connectivity index (χ4n) is 5.91. The van der Waals surface area contributed by atoms with Gasteiger partial charge < -0.3 is 0 Å². The van der Waals surface area contributed by atoms with E-state index in [0.29, 0.717) is 0 Å². The first-order chi connectivity index (χ1) is 18.3. The summed E-state index contributed by atoms with van der Waals surface area (Å²) in [5.41, 5.74) is 9.00. The lowest BCUT2D eigenvalue weighted by atomic mass is 9.86. The van der Waals surface area contributed by atoms with Gasteiger partial charge in [0.1, 0.15) is 0 Å². The number of hydrogen-bond donors (Lipinski definition) is 0. The summed E-state index contributed by atoms with van der Waals surface area (Å²) in [4.78, 5) is 0. The van der Waals surface area contributed by atoms with E-state index in [1.165, 1.54) is 71.3 Å². The first-order valence-corrected chi connectivity index (χ1v) is 12.9. The lowest BCUT2D eigenvalue weighted by Crippen LogP contribution is -1.92. The highest BCUT2D eigenvalue weighted by molar-refractivity contribution is 6.10. The molecule has 0 N–H and O–H groups in total. The minimum absolute atomic E-state index is 1.27. The van der Waals surface area contributed by atoms with Crippen molar-refractivity contribution in [3.05, 3.63) is 145 Å². The van der Waals surface area contributed by atoms with Gasteiger partial charge in [-0.15, -0.1) is 0 Å². The molecule has 0 aromatic heterocycles. The fourth-order valence-corrected chi connectivity index (χ4v) is 5.91. The summed E-state index contributed by atoms with van der Waals surface area (Å²) in [7, 11) is 0. The molecule has 37 heavy (non-hydrogen) atoms. The topological polar surface area (TPSA) is 0 Å². The van der Waals surface area contributed by atoms with Crippen LogP contribution in [0.25, 0.3) is 65.7 Å². The summed E-state index contributed by atoms with van der Waals surface area (Å²) >= 11 is 0. The van der Waals surface area contributed by atoms with Gasteiger partial charge in [-0.25, -0.2) is 0 Å². The number of benzene rings is 7. The van der Waals surface area contributed by atoms with Crippen molar-refractivity contribution in [3.8, 4) is 33.4 Å². The summed E-state index contributed by atoms with van der Waals surface area (Å²) in [6.45, 7) is 2.26. The molecule has 0 heterocycles. The highest BCUT2D eigenvalue weighted by Crippen LogP contribution is 2.41. The van der Waals surface area contributed by atoms with Crippen molar-refractivity contribution in [1.82, 2.24) is 0 Å². The number of rotatable bonds is 3. The Morgan fingerprint density at radius 1 is 0.270 bits per heavy atom. The second-order valence-corrected chi connectivity index (χ2v) is 9.74. The normalized spacial score (nSPS) is 11.4. The molecule has 0 heteroatoms. The lowest BCUT2D eigenvalue weighted by molar-refractivity contribution is 1.46. The molecule has 0 nitrogen and oxygen atoms in total. The second-order valence-electron chi connectivity index (χ2n) is 9.74. The van der Waals surface area contributed by atoms with E-state index in [1.807, 2.05) is 0 Å². The SMILES string of the molecule is Cc1c(-c2cccc3ccccc23)cccc1-c1ccc(-c2cccc3ccccc23)c2ccccc12. The average Bonchev–Trinajstić information content (AvgIpc) is 2.96. The summed E-state index contributed by atoms with van der Waals surface area (Å²) in [6.07, 6.45) is 0. The van der Waals surface area contributed by atoms with Gasteiger partial charge in [0, 0.05) is 0 Å². The summed E-state index contributed by atoms with van der Waals surface area (Å²) in [5, 5.41) is 7.69. The van der Waals surface area contributed by atoms with Crippen LogP contribution in [0, 0.1) is 6.92 Å². The van der Waals surface area contributed by atoms with Gasteiger partial charge in [0.15, 0.2) is 0 Å². The van der Waals surface area contributed by atoms with Crippen LogP contribution in [0.2, 0.25) is 0 Å². The molecule has 0 amide bonds. The van der Waals surface area contributed by atoms with E-state index in [9.17, 15) is 0 Å². The Morgan fingerprint density at radius 2 is 0.595 bits per heavy atom. The largest absolute Gasteiger partial charge is 0.0616 e. The first-order valence-electron chi connectivity index (χ1n) is 12.9. The number of fused-ring (bicyclic) bond motifs is 3. The van der Waals surface area contributed by atoms with Gasteiger partial charge in [-0.2, -0.15) is 0 Å². The molecule has 0 aliphatic carbocycles. The van der Waals surface area contributed by atoms with Crippen molar-refractivity contribution in [2.75, 3.05) is 0 Å². The minimum atomic E-state index is 1.27. The first kappa shape index (κ1) is 21.6. The molecule has 174 valence electrons. The van der Waals surface area contributed by atoms with Gasteiger partial charge in [-0.3, -0.25) is 0 Å². The van der Waals surface area contributed by atoms with Gasteiger partial charge in [0.25, 0.3) is 0 Å². The van der Waals surface area contributed by atoms with Gasteiger partial charge in [0.05, 0.1) is 0 Å². The van der Waals surface area contributed by atoms with Crippen LogP contribution in [0.15, 0.2) is 140 Å². The Hall–Kier alpha value is -4.68. The quantitative estimate of drug-likeness (QED) is 0.241. The fraction of sp³-hybridized carbons (Fsp3) is 0.0270. The molecule has 0 saturated heterocycles. The van der Waals surface area contributed by atoms with Crippen LogP contribution < -0.4 is 0 Å². The summed E-state index contributed by atoms with van der Waals surface area (Å²) in [5.74, 6) is 0. The van der Waals surface area contributed by atoms with Crippen molar-refractivity contribution in [1.29, 1.82) is 0 Å². The predicted molar refractivity (Wildman–Crippen MR) is 160 cm³/mol. The van der Waals surface area contributed by atoms with Crippen LogP contribution >= 0.6 is 0 Å². The molecule has 0 fully saturated rings. The molecule has 7 aromatic rings. The van der Waals surface area contributed by atoms with Crippen molar-refractivity contribution >= 4 is 32.3 Å². The lowest BCUT2D eigenvalue weighted by Gasteiger charge is -2.17. The maximum Gasteiger partial charge on any atom is -0.00987 e. The van der Waals surface area contributed by atoms with E-state index >= 15 is 0 Å². The second kappa shape index (κ2) is 8.76. The molecule has 0 radical (unpaired) electrons. The highest BCUT2D eigenvalue weighted by atomic mass is 14.2. The van der Waals surface area contributed by atoms with Gasteiger partial charge in [0.2, 0.25) is 0 Å². The maximum atomic E-state index is 2.31. The molecule has 0 atom stereocenters. The Kier molecular flexibility index (Phi) is 5.11. The molecule has 7 aromatic carbocycles. The molecular weight excluding hydrogens is 444 g/mol. The van der Waals surface area contributed by atoms with E-state index in [4.69, 9.17) is 0 Å². The van der Waals surface area contributed by atoms with Crippen molar-refractivity contribution < 1.29 is 0 Å². The van der Waals surface area contributed by atoms with Gasteiger partial charge in [-0.1, -0.05) is 140 Å². The monoisotopic (exact) mass is 470 g/mol. The zero-order chi connectivity index (χ0) is 24.8. The molecule has 0 spiro atoms. The maximum absolute atomic E-state index is 2.31. The molecule has 0 saturated carbocycles. The highest BCUT2D eigenvalue weighted by Gasteiger charge is 2.15. The molecule has 0 aliphatic heterocycles. The Labute approximate surface area is 217 Å². The van der Waals surface area contributed by atoms with Crippen LogP contribution in [0.1, 0.15) is 5.56 Å². The molecule has 0 bridgehead atoms. The summed E-state index contributed by atoms with van der Waals surface area (Å²) < 4.78 is 0. The van der Waals surface area contributed by atoms with Gasteiger partial charge >= 0.3 is 0 Å². The predicted octanol–water partition coefficient (Wildman–Crippen LogP) is 10.5. The third-order valence-electron chi connectivity index (χ3n) is 7.71. The standard InChI is InChI=1S/C37H26/c1-25-28(32-21-8-13-26-11-2-4-15-30(26)32)19-10-20-29(25)36-23-24-37(35-18-7-6-17-34(35)36)33-22-9-14-27-12-3-5-16-31(27)33/h2-24H,1H3. The van der Waals surface area contributed by atoms with Crippen LogP contribution in [-0.2, 0) is 0 Å². The molecule has 7 rings (SSSR count). The Bertz CT molecular complexity index is 1930. The van der Waals surface area contributed by atoms with Crippen LogP contribution in [0.4, 0.5) is 0 Å². The molecule has 0 unspecified atom stereocenters. The molecule has 0 aliphatic rings. The van der Waals surface area contributed by atoms with Crippen LogP contribution in [0.5, 0.6) is 0 Å². The van der Waals surface area contributed by atoms with Crippen LogP contribution in [0.3, 0.4) is 0 Å². The van der Waals surface area contributed by atoms with Crippen molar-refractivity contribution in [2.24, 2.45) is 0 Å². The minimum Gasteiger partial charge on any atom is -0.0616 e. The van der Waals surface area contributed by atoms with E-state index in [1.54, 1.807) is 0 Å². The van der Waals surface area contributed by atoms with Crippen molar-refractivity contribution in [3.63, 3.8) is 0 Å². The van der Waals surface area contributed by atoms with E-state index in [2.05, 4.69) is 146 Å². The van der Waals surface area contributed by atoms with E-state index < -0.39 is 0 Å². The molecular formula is C37H26. The van der Waals surface area contributed by atoms with Gasteiger partial charge in [-0.05, 0) is 78.2 Å². The Balaban J connectivity index is 1.46. The third-order valence-corrected chi connectivity index (χ3v) is 7.71. The zero-order valence-corrected chi connectivity index (χ0v) is 20.8. The summed E-state index contributed by atoms with van der Waals surface area (Å²) in [6, 6.07) is 50.7. The van der Waals surface area contributed by atoms with Crippen molar-refractivity contribution in [2.45, 2.75) is 6.92 Å².